The Morgan fingerprint density at radius 1 is 1.33 bits per heavy atom. The van der Waals surface area contributed by atoms with Gasteiger partial charge in [0, 0.05) is 24.7 Å². The molecular weight excluding hydrogens is 260 g/mol. The highest BCUT2D eigenvalue weighted by atomic mass is 16.5. The van der Waals surface area contributed by atoms with E-state index in [2.05, 4.69) is 49.3 Å². The number of likely N-dealkylation sites (N-methyl/N-ethyl adjacent to an activating group) is 1. The summed E-state index contributed by atoms with van der Waals surface area (Å²) in [6, 6.07) is 8.13. The van der Waals surface area contributed by atoms with Crippen molar-refractivity contribution < 1.29 is 4.74 Å². The second-order valence-electron chi connectivity index (χ2n) is 6.84. The van der Waals surface area contributed by atoms with Gasteiger partial charge in [-0.25, -0.2) is 0 Å². The Hall–Kier alpha value is -1.06. The molecule has 0 heterocycles. The number of methoxy groups -OCH3 is 1. The molecule has 0 amide bonds. The average molecular weight is 288 g/mol. The minimum Gasteiger partial charge on any atom is -0.497 e. The largest absolute Gasteiger partial charge is 0.497 e. The van der Waals surface area contributed by atoms with Crippen molar-refractivity contribution >= 4 is 0 Å². The van der Waals surface area contributed by atoms with E-state index in [1.165, 1.54) is 30.5 Å². The lowest BCUT2D eigenvalue weighted by Crippen LogP contribution is -2.46. The topological polar surface area (TPSA) is 24.5 Å². The molecule has 0 aliphatic heterocycles. The van der Waals surface area contributed by atoms with Crippen LogP contribution in [0.25, 0.3) is 0 Å². The van der Waals surface area contributed by atoms with Crippen LogP contribution in [-0.4, -0.2) is 37.7 Å². The van der Waals surface area contributed by atoms with Crippen LogP contribution in [0.4, 0.5) is 0 Å². The van der Waals surface area contributed by atoms with Gasteiger partial charge < -0.3 is 10.1 Å². The van der Waals surface area contributed by atoms with Gasteiger partial charge in [-0.1, -0.05) is 6.07 Å². The first kappa shape index (κ1) is 14.9. The van der Waals surface area contributed by atoms with E-state index in [1.54, 1.807) is 7.11 Å². The minimum absolute atomic E-state index is 0.413. The molecule has 2 atom stereocenters. The predicted molar refractivity (Wildman–Crippen MR) is 86.9 cm³/mol. The van der Waals surface area contributed by atoms with Crippen LogP contribution < -0.4 is 10.1 Å². The number of benzene rings is 1. The molecule has 1 aromatic rings. The van der Waals surface area contributed by atoms with Gasteiger partial charge in [-0.2, -0.15) is 0 Å². The van der Waals surface area contributed by atoms with E-state index in [4.69, 9.17) is 4.74 Å². The van der Waals surface area contributed by atoms with Gasteiger partial charge in [0.2, 0.25) is 0 Å². The molecule has 116 valence electrons. The first-order valence-corrected chi connectivity index (χ1v) is 8.23. The maximum Gasteiger partial charge on any atom is 0.119 e. The fourth-order valence-electron chi connectivity index (χ4n) is 3.71. The highest BCUT2D eigenvalue weighted by molar-refractivity contribution is 5.42. The fraction of sp³-hybridized carbons (Fsp3) is 0.667. The molecule has 2 aliphatic carbocycles. The van der Waals surface area contributed by atoms with Crippen molar-refractivity contribution in [3.05, 3.63) is 29.3 Å². The van der Waals surface area contributed by atoms with Gasteiger partial charge in [-0.15, -0.1) is 0 Å². The number of nitrogens with zero attached hydrogens (tertiary/aromatic N) is 1. The maximum absolute atomic E-state index is 5.41. The molecular formula is C18H28N2O. The third-order valence-electron chi connectivity index (χ3n) is 5.07. The van der Waals surface area contributed by atoms with Crippen LogP contribution in [0, 0.1) is 5.92 Å². The number of rotatable bonds is 6. The summed E-state index contributed by atoms with van der Waals surface area (Å²) in [5.41, 5.74) is 2.89. The number of ether oxygens (including phenoxy) is 1. The standard InChI is InChI=1S/C18H28N2O/c1-12(2)20(11-13-5-6-13)17-9-14-7-8-15(21-4)10-16(14)18(17)19-3/h7-8,10,12-13,17-19H,5-6,9,11H2,1-4H3. The van der Waals surface area contributed by atoms with Crippen molar-refractivity contribution in [2.45, 2.75) is 51.2 Å². The van der Waals surface area contributed by atoms with Gasteiger partial charge in [0.25, 0.3) is 0 Å². The first-order chi connectivity index (χ1) is 10.1. The Balaban J connectivity index is 1.85. The maximum atomic E-state index is 5.41. The SMILES string of the molecule is CNC1c2cc(OC)ccc2CC1N(CC1CC1)C(C)C. The first-order valence-electron chi connectivity index (χ1n) is 8.23. The molecule has 1 aromatic carbocycles. The van der Waals surface area contributed by atoms with Crippen molar-refractivity contribution in [1.29, 1.82) is 0 Å². The van der Waals surface area contributed by atoms with Crippen molar-refractivity contribution in [3.63, 3.8) is 0 Å². The van der Waals surface area contributed by atoms with Gasteiger partial charge in [0.1, 0.15) is 5.75 Å². The van der Waals surface area contributed by atoms with Gasteiger partial charge in [0.15, 0.2) is 0 Å². The molecule has 0 spiro atoms. The molecule has 21 heavy (non-hydrogen) atoms. The second-order valence-corrected chi connectivity index (χ2v) is 6.84. The van der Waals surface area contributed by atoms with Crippen molar-refractivity contribution in [3.8, 4) is 5.75 Å². The van der Waals surface area contributed by atoms with Crippen LogP contribution in [0.15, 0.2) is 18.2 Å². The van der Waals surface area contributed by atoms with Gasteiger partial charge >= 0.3 is 0 Å². The van der Waals surface area contributed by atoms with Gasteiger partial charge in [-0.05, 0) is 69.3 Å². The summed E-state index contributed by atoms with van der Waals surface area (Å²) < 4.78 is 5.41. The molecule has 0 bridgehead atoms. The van der Waals surface area contributed by atoms with Crippen LogP contribution in [0.1, 0.15) is 43.9 Å². The lowest BCUT2D eigenvalue weighted by Gasteiger charge is -2.36. The summed E-state index contributed by atoms with van der Waals surface area (Å²) in [7, 11) is 3.83. The molecule has 0 aromatic heterocycles. The molecule has 2 unspecified atom stereocenters. The number of hydrogen-bond donors (Lipinski definition) is 1. The minimum atomic E-state index is 0.413. The Morgan fingerprint density at radius 2 is 2.10 bits per heavy atom. The molecule has 1 N–H and O–H groups in total. The third kappa shape index (κ3) is 2.95. The van der Waals surface area contributed by atoms with Crippen LogP contribution in [-0.2, 0) is 6.42 Å². The molecule has 3 heteroatoms. The summed E-state index contributed by atoms with van der Waals surface area (Å²) in [5, 5.41) is 3.55. The van der Waals surface area contributed by atoms with Gasteiger partial charge in [-0.3, -0.25) is 4.90 Å². The molecule has 1 saturated carbocycles. The second kappa shape index (κ2) is 5.98. The van der Waals surface area contributed by atoms with Crippen molar-refractivity contribution in [2.24, 2.45) is 5.92 Å². The summed E-state index contributed by atoms with van der Waals surface area (Å²) in [6.07, 6.45) is 3.98. The average Bonchev–Trinajstić information content (AvgIpc) is 3.23. The number of nitrogens with one attached hydrogen (secondary N) is 1. The van der Waals surface area contributed by atoms with Crippen molar-refractivity contribution in [2.75, 3.05) is 20.7 Å². The van der Waals surface area contributed by atoms with Crippen LogP contribution in [0.2, 0.25) is 0 Å². The van der Waals surface area contributed by atoms with E-state index in [9.17, 15) is 0 Å². The van der Waals surface area contributed by atoms with Crippen molar-refractivity contribution in [1.82, 2.24) is 10.2 Å². The van der Waals surface area contributed by atoms with E-state index in [0.717, 1.165) is 18.1 Å². The molecule has 3 rings (SSSR count). The van der Waals surface area contributed by atoms with Crippen LogP contribution >= 0.6 is 0 Å². The van der Waals surface area contributed by atoms with E-state index in [1.807, 2.05) is 0 Å². The summed E-state index contributed by atoms with van der Waals surface area (Å²) in [5.74, 6) is 1.90. The van der Waals surface area contributed by atoms with Crippen LogP contribution in [0.5, 0.6) is 5.75 Å². The third-order valence-corrected chi connectivity index (χ3v) is 5.07. The molecule has 0 radical (unpaired) electrons. The highest BCUT2D eigenvalue weighted by Crippen LogP contribution is 2.39. The normalized spacial score (nSPS) is 24.7. The molecule has 1 fully saturated rings. The lowest BCUT2D eigenvalue weighted by molar-refractivity contribution is 0.124. The molecule has 0 saturated heterocycles. The fourth-order valence-corrected chi connectivity index (χ4v) is 3.71. The summed E-state index contributed by atoms with van der Waals surface area (Å²) in [6.45, 7) is 5.92. The zero-order valence-corrected chi connectivity index (χ0v) is 13.7. The molecule has 2 aliphatic rings. The van der Waals surface area contributed by atoms with E-state index >= 15 is 0 Å². The predicted octanol–water partition coefficient (Wildman–Crippen LogP) is 3.00. The zero-order valence-electron chi connectivity index (χ0n) is 13.7. The smallest absolute Gasteiger partial charge is 0.119 e. The Morgan fingerprint density at radius 3 is 2.67 bits per heavy atom. The quantitative estimate of drug-likeness (QED) is 0.871. The highest BCUT2D eigenvalue weighted by Gasteiger charge is 2.38. The van der Waals surface area contributed by atoms with E-state index in [0.29, 0.717) is 18.1 Å². The van der Waals surface area contributed by atoms with Crippen LogP contribution in [0.3, 0.4) is 0 Å². The Bertz CT molecular complexity index is 496. The number of fused-ring (bicyclic) bond motifs is 1. The Kier molecular flexibility index (Phi) is 4.23. The Labute approximate surface area is 128 Å². The monoisotopic (exact) mass is 288 g/mol. The van der Waals surface area contributed by atoms with E-state index < -0.39 is 0 Å². The summed E-state index contributed by atoms with van der Waals surface area (Å²) in [4.78, 5) is 2.71. The number of hydrogen-bond acceptors (Lipinski definition) is 3. The summed E-state index contributed by atoms with van der Waals surface area (Å²) >= 11 is 0. The van der Waals surface area contributed by atoms with E-state index in [-0.39, 0.29) is 0 Å². The zero-order chi connectivity index (χ0) is 15.0. The molecule has 3 nitrogen and oxygen atoms in total. The van der Waals surface area contributed by atoms with Gasteiger partial charge in [0.05, 0.1) is 7.11 Å². The lowest BCUT2D eigenvalue weighted by atomic mass is 10.0.